The fourth-order valence-corrected chi connectivity index (χ4v) is 4.64. The van der Waals surface area contributed by atoms with Gasteiger partial charge in [0.15, 0.2) is 5.13 Å². The van der Waals surface area contributed by atoms with Crippen molar-refractivity contribution >= 4 is 45.6 Å². The van der Waals surface area contributed by atoms with E-state index in [-0.39, 0.29) is 18.8 Å². The Morgan fingerprint density at radius 2 is 1.94 bits per heavy atom. The fourth-order valence-electron chi connectivity index (χ4n) is 3.13. The molecule has 164 valence electrons. The number of benzene rings is 1. The standard InChI is InChI=1S/C22H23Cl2N3O3S/c1-12(2)7-18-20(14-3-4-16(23)17(24)10-14)27-22(31-18)26-11-15(21(29)30)8-13-5-6-25-19(28)9-13/h3-6,9-10,12,15H,7-8,11H2,1-2H3,(H,25,28)(H,26,27)(H,29,30). The number of aliphatic carboxylic acids is 1. The Bertz CT molecular complexity index is 1070. The van der Waals surface area contributed by atoms with E-state index < -0.39 is 11.9 Å². The van der Waals surface area contributed by atoms with Crippen molar-refractivity contribution in [2.75, 3.05) is 11.9 Å². The summed E-state index contributed by atoms with van der Waals surface area (Å²) in [6, 6.07) is 8.59. The van der Waals surface area contributed by atoms with Crippen molar-refractivity contribution in [2.45, 2.75) is 26.7 Å². The number of aromatic hydroxyl groups is 1. The van der Waals surface area contributed by atoms with Crippen molar-refractivity contribution in [3.63, 3.8) is 0 Å². The van der Waals surface area contributed by atoms with Crippen molar-refractivity contribution < 1.29 is 15.0 Å². The number of hydrogen-bond acceptors (Lipinski definition) is 6. The zero-order valence-corrected chi connectivity index (χ0v) is 19.4. The van der Waals surface area contributed by atoms with Gasteiger partial charge in [-0.3, -0.25) is 4.79 Å². The Labute approximate surface area is 194 Å². The molecule has 0 spiro atoms. The lowest BCUT2D eigenvalue weighted by molar-refractivity contribution is -0.141. The summed E-state index contributed by atoms with van der Waals surface area (Å²) in [6.45, 7) is 4.47. The number of rotatable bonds is 9. The van der Waals surface area contributed by atoms with E-state index in [1.807, 2.05) is 6.07 Å². The second-order valence-electron chi connectivity index (χ2n) is 7.66. The third kappa shape index (κ3) is 6.32. The first-order chi connectivity index (χ1) is 14.7. The third-order valence-electron chi connectivity index (χ3n) is 4.62. The molecular formula is C22H23Cl2N3O3S. The van der Waals surface area contributed by atoms with Crippen molar-refractivity contribution in [1.29, 1.82) is 0 Å². The summed E-state index contributed by atoms with van der Waals surface area (Å²) in [5, 5.41) is 23.9. The smallest absolute Gasteiger partial charge is 0.308 e. The van der Waals surface area contributed by atoms with Crippen LogP contribution in [0.5, 0.6) is 5.88 Å². The Morgan fingerprint density at radius 1 is 1.16 bits per heavy atom. The molecule has 1 atom stereocenters. The number of nitrogens with one attached hydrogen (secondary N) is 1. The van der Waals surface area contributed by atoms with Gasteiger partial charge in [0.1, 0.15) is 0 Å². The lowest BCUT2D eigenvalue weighted by Crippen LogP contribution is -2.25. The first-order valence-electron chi connectivity index (χ1n) is 9.78. The molecule has 31 heavy (non-hydrogen) atoms. The molecule has 6 nitrogen and oxygen atoms in total. The number of pyridine rings is 1. The van der Waals surface area contributed by atoms with Crippen LogP contribution in [0.25, 0.3) is 11.3 Å². The van der Waals surface area contributed by atoms with E-state index in [2.05, 4.69) is 24.1 Å². The van der Waals surface area contributed by atoms with E-state index in [0.717, 1.165) is 22.6 Å². The normalized spacial score (nSPS) is 12.2. The summed E-state index contributed by atoms with van der Waals surface area (Å²) in [7, 11) is 0. The predicted octanol–water partition coefficient (Wildman–Crippen LogP) is 5.77. The molecule has 0 saturated heterocycles. The SMILES string of the molecule is CC(C)Cc1sc(NCC(Cc2ccnc(O)c2)C(=O)O)nc1-c1ccc(Cl)c(Cl)c1. The van der Waals surface area contributed by atoms with E-state index in [0.29, 0.717) is 26.7 Å². The molecule has 0 aliphatic rings. The van der Waals surface area contributed by atoms with Gasteiger partial charge < -0.3 is 15.5 Å². The molecule has 0 fully saturated rings. The largest absolute Gasteiger partial charge is 0.493 e. The predicted molar refractivity (Wildman–Crippen MR) is 125 cm³/mol. The highest BCUT2D eigenvalue weighted by Crippen LogP contribution is 2.35. The first-order valence-corrected chi connectivity index (χ1v) is 11.4. The van der Waals surface area contributed by atoms with Crippen molar-refractivity contribution in [1.82, 2.24) is 9.97 Å². The molecule has 3 aromatic rings. The molecular weight excluding hydrogens is 457 g/mol. The lowest BCUT2D eigenvalue weighted by Gasteiger charge is -2.13. The van der Waals surface area contributed by atoms with Crippen LogP contribution in [0.2, 0.25) is 10.0 Å². The van der Waals surface area contributed by atoms with Crippen LogP contribution in [-0.2, 0) is 17.6 Å². The Morgan fingerprint density at radius 3 is 2.58 bits per heavy atom. The second-order valence-corrected chi connectivity index (χ2v) is 9.56. The van der Waals surface area contributed by atoms with Gasteiger partial charge in [0.05, 0.1) is 21.7 Å². The number of carboxylic acids is 1. The summed E-state index contributed by atoms with van der Waals surface area (Å²) in [5.74, 6) is -1.31. The van der Waals surface area contributed by atoms with Gasteiger partial charge in [0, 0.05) is 29.2 Å². The van der Waals surface area contributed by atoms with Crippen LogP contribution in [-0.4, -0.2) is 32.7 Å². The first kappa shape index (κ1) is 23.3. The summed E-state index contributed by atoms with van der Waals surface area (Å²) >= 11 is 13.8. The number of nitrogens with zero attached hydrogens (tertiary/aromatic N) is 2. The van der Waals surface area contributed by atoms with E-state index in [9.17, 15) is 15.0 Å². The maximum absolute atomic E-state index is 11.8. The molecule has 2 aromatic heterocycles. The molecule has 3 N–H and O–H groups in total. The number of aromatic nitrogens is 2. The molecule has 9 heteroatoms. The monoisotopic (exact) mass is 479 g/mol. The van der Waals surface area contributed by atoms with Crippen LogP contribution in [0, 0.1) is 11.8 Å². The second kappa shape index (κ2) is 10.3. The Kier molecular flexibility index (Phi) is 7.75. The third-order valence-corrected chi connectivity index (χ3v) is 6.40. The van der Waals surface area contributed by atoms with Crippen LogP contribution >= 0.6 is 34.5 Å². The minimum atomic E-state index is -0.924. The molecule has 1 aromatic carbocycles. The molecule has 3 rings (SSSR count). The number of carboxylic acid groups (broad SMARTS) is 1. The number of thiazole rings is 1. The molecule has 1 unspecified atom stereocenters. The lowest BCUT2D eigenvalue weighted by atomic mass is 10.0. The zero-order valence-electron chi connectivity index (χ0n) is 17.1. The minimum Gasteiger partial charge on any atom is -0.493 e. The number of anilines is 1. The summed E-state index contributed by atoms with van der Waals surface area (Å²) in [4.78, 5) is 21.3. The molecule has 0 aliphatic carbocycles. The van der Waals surface area contributed by atoms with Crippen molar-refractivity contribution in [2.24, 2.45) is 11.8 Å². The number of halogens is 2. The average molecular weight is 480 g/mol. The van der Waals surface area contributed by atoms with Gasteiger partial charge in [0.2, 0.25) is 5.88 Å². The molecule has 0 amide bonds. The van der Waals surface area contributed by atoms with Gasteiger partial charge in [0.25, 0.3) is 0 Å². The van der Waals surface area contributed by atoms with Crippen LogP contribution in [0.15, 0.2) is 36.5 Å². The zero-order chi connectivity index (χ0) is 22.5. The molecule has 0 saturated carbocycles. The fraction of sp³-hybridized carbons (Fsp3) is 0.318. The van der Waals surface area contributed by atoms with Gasteiger partial charge in [-0.1, -0.05) is 43.1 Å². The minimum absolute atomic E-state index is 0.126. The van der Waals surface area contributed by atoms with Crippen molar-refractivity contribution in [3.8, 4) is 17.1 Å². The van der Waals surface area contributed by atoms with Gasteiger partial charge in [-0.25, -0.2) is 9.97 Å². The average Bonchev–Trinajstić information content (AvgIpc) is 3.09. The maximum Gasteiger partial charge on any atom is 0.308 e. The topological polar surface area (TPSA) is 95.3 Å². The Hall–Kier alpha value is -2.35. The van der Waals surface area contributed by atoms with E-state index in [4.69, 9.17) is 28.2 Å². The Balaban J connectivity index is 1.80. The highest BCUT2D eigenvalue weighted by molar-refractivity contribution is 7.16. The number of carbonyl (C=O) groups is 1. The molecule has 0 bridgehead atoms. The molecule has 0 aliphatic heterocycles. The van der Waals surface area contributed by atoms with E-state index in [1.54, 1.807) is 18.2 Å². The van der Waals surface area contributed by atoms with Crippen LogP contribution in [0.4, 0.5) is 5.13 Å². The van der Waals surface area contributed by atoms with Crippen LogP contribution in [0.1, 0.15) is 24.3 Å². The van der Waals surface area contributed by atoms with Gasteiger partial charge in [-0.05, 0) is 42.5 Å². The van der Waals surface area contributed by atoms with E-state index >= 15 is 0 Å². The van der Waals surface area contributed by atoms with Crippen molar-refractivity contribution in [3.05, 3.63) is 57.0 Å². The molecule has 0 radical (unpaired) electrons. The summed E-state index contributed by atoms with van der Waals surface area (Å²) in [5.41, 5.74) is 2.40. The van der Waals surface area contributed by atoms with Crippen LogP contribution < -0.4 is 5.32 Å². The number of hydrogen-bond donors (Lipinski definition) is 3. The summed E-state index contributed by atoms with van der Waals surface area (Å²) < 4.78 is 0. The van der Waals surface area contributed by atoms with Crippen LogP contribution in [0.3, 0.4) is 0 Å². The maximum atomic E-state index is 11.8. The summed E-state index contributed by atoms with van der Waals surface area (Å²) in [6.07, 6.45) is 2.56. The van der Waals surface area contributed by atoms with Gasteiger partial charge >= 0.3 is 5.97 Å². The highest BCUT2D eigenvalue weighted by atomic mass is 35.5. The highest BCUT2D eigenvalue weighted by Gasteiger charge is 2.21. The van der Waals surface area contributed by atoms with E-state index in [1.165, 1.54) is 23.6 Å². The quantitative estimate of drug-likeness (QED) is 0.360. The van der Waals surface area contributed by atoms with Gasteiger partial charge in [-0.15, -0.1) is 11.3 Å². The van der Waals surface area contributed by atoms with Gasteiger partial charge in [-0.2, -0.15) is 0 Å². The molecule has 2 heterocycles.